The zero-order valence-electron chi connectivity index (χ0n) is 23.4. The number of aromatic nitrogens is 2. The molecule has 1 fully saturated rings. The van der Waals surface area contributed by atoms with Gasteiger partial charge < -0.3 is 14.8 Å². The second kappa shape index (κ2) is 13.4. The van der Waals surface area contributed by atoms with Gasteiger partial charge in [0.1, 0.15) is 33.9 Å². The first kappa shape index (κ1) is 30.8. The topological polar surface area (TPSA) is 98.2 Å². The van der Waals surface area contributed by atoms with Gasteiger partial charge in [-0.3, -0.25) is 0 Å². The average Bonchev–Trinajstić information content (AvgIpc) is 3.43. The molecule has 2 aromatic carbocycles. The number of Topliss-reactive ketones (excluding diaryl/α,β-unsaturated/α-hetero) is 1. The van der Waals surface area contributed by atoms with Crippen LogP contribution < -0.4 is 5.32 Å². The van der Waals surface area contributed by atoms with Crippen LogP contribution in [0.1, 0.15) is 49.1 Å². The van der Waals surface area contributed by atoms with Gasteiger partial charge >= 0.3 is 0 Å². The van der Waals surface area contributed by atoms with Crippen LogP contribution in [0.2, 0.25) is 0 Å². The van der Waals surface area contributed by atoms with E-state index in [4.69, 9.17) is 9.72 Å². The Hall–Kier alpha value is -3.61. The highest BCUT2D eigenvalue weighted by Crippen LogP contribution is 2.43. The lowest BCUT2D eigenvalue weighted by molar-refractivity contribution is -0.117. The number of sulfone groups is 1. The van der Waals surface area contributed by atoms with Gasteiger partial charge in [0, 0.05) is 49.4 Å². The number of carbonyl (C=O) groups excluding carboxylic acids is 1. The number of nitrogens with one attached hydrogen (secondary N) is 1. The van der Waals surface area contributed by atoms with Crippen LogP contribution >= 0.6 is 11.3 Å². The van der Waals surface area contributed by atoms with Crippen LogP contribution in [0.4, 0.5) is 19.0 Å². The second-order valence-electron chi connectivity index (χ2n) is 10.4. The van der Waals surface area contributed by atoms with E-state index < -0.39 is 37.9 Å². The standard InChI is InChI=1S/C31H30F3N3O4S2/c1-19(38)4-3-12-35-27-16-21(9-13-36-27)30-29(37-31(42-30)20-10-14-41-15-11-20)24-6-2-5-22(28(24)34)18-43(39,40)26-17-23(32)7-8-25(26)33/h2,5-9,13,16-17,20H,3-4,10-12,14-15,18H2,1H3,(H,35,36). The Morgan fingerprint density at radius 2 is 1.88 bits per heavy atom. The van der Waals surface area contributed by atoms with E-state index >= 15 is 4.39 Å². The van der Waals surface area contributed by atoms with Crippen LogP contribution in [0.25, 0.3) is 21.7 Å². The summed E-state index contributed by atoms with van der Waals surface area (Å²) in [6.07, 6.45) is 4.28. The summed E-state index contributed by atoms with van der Waals surface area (Å²) in [7, 11) is -4.41. The number of ketones is 1. The fourth-order valence-electron chi connectivity index (χ4n) is 4.93. The minimum absolute atomic E-state index is 0.102. The summed E-state index contributed by atoms with van der Waals surface area (Å²) in [5.74, 6) is -2.86. The molecule has 0 radical (unpaired) electrons. The van der Waals surface area contributed by atoms with Gasteiger partial charge in [-0.1, -0.05) is 12.1 Å². The van der Waals surface area contributed by atoms with Gasteiger partial charge in [0.05, 0.1) is 21.3 Å². The highest BCUT2D eigenvalue weighted by molar-refractivity contribution is 7.90. The second-order valence-corrected chi connectivity index (χ2v) is 13.4. The van der Waals surface area contributed by atoms with Crippen LogP contribution in [0.15, 0.2) is 59.6 Å². The molecule has 0 saturated carbocycles. The first-order valence-electron chi connectivity index (χ1n) is 13.9. The van der Waals surface area contributed by atoms with Gasteiger partial charge in [-0.15, -0.1) is 11.3 Å². The lowest BCUT2D eigenvalue weighted by Gasteiger charge is -2.19. The van der Waals surface area contributed by atoms with Gasteiger partial charge in [-0.2, -0.15) is 0 Å². The van der Waals surface area contributed by atoms with Crippen LogP contribution in [0.5, 0.6) is 0 Å². The van der Waals surface area contributed by atoms with Crippen LogP contribution in [-0.4, -0.2) is 43.9 Å². The van der Waals surface area contributed by atoms with Gasteiger partial charge in [0.15, 0.2) is 9.84 Å². The van der Waals surface area contributed by atoms with E-state index in [1.807, 2.05) is 6.07 Å². The average molecular weight is 630 g/mol. The van der Waals surface area contributed by atoms with E-state index in [1.54, 1.807) is 19.2 Å². The fraction of sp³-hybridized carbons (Fsp3) is 0.323. The molecule has 1 N–H and O–H groups in total. The maximum Gasteiger partial charge on any atom is 0.185 e. The Morgan fingerprint density at radius 1 is 1.09 bits per heavy atom. The van der Waals surface area contributed by atoms with Gasteiger partial charge in [0.2, 0.25) is 0 Å². The largest absolute Gasteiger partial charge is 0.381 e. The number of nitrogens with zero attached hydrogens (tertiary/aromatic N) is 2. The van der Waals surface area contributed by atoms with E-state index in [9.17, 15) is 22.0 Å². The molecule has 1 aliphatic heterocycles. The van der Waals surface area contributed by atoms with Crippen molar-refractivity contribution in [3.05, 3.63) is 82.8 Å². The third-order valence-electron chi connectivity index (χ3n) is 7.16. The van der Waals surface area contributed by atoms with Crippen molar-refractivity contribution in [2.45, 2.75) is 49.2 Å². The number of thiazole rings is 1. The monoisotopic (exact) mass is 629 g/mol. The highest BCUT2D eigenvalue weighted by atomic mass is 32.2. The molecule has 5 rings (SSSR count). The molecule has 2 aromatic heterocycles. The van der Waals surface area contributed by atoms with Crippen molar-refractivity contribution in [1.29, 1.82) is 0 Å². The van der Waals surface area contributed by atoms with Gasteiger partial charge in [-0.05, 0) is 68.1 Å². The molecule has 1 aliphatic rings. The lowest BCUT2D eigenvalue weighted by atomic mass is 10.0. The SMILES string of the molecule is CC(=O)CCCNc1cc(-c2sc(C3CCOCC3)nc2-c2cccc(CS(=O)(=O)c3cc(F)ccc3F)c2F)ccn1. The fourth-order valence-corrected chi connectivity index (χ4v) is 7.62. The molecule has 0 unspecified atom stereocenters. The molecule has 12 heteroatoms. The number of hydrogen-bond acceptors (Lipinski definition) is 8. The number of ether oxygens (including phenoxy) is 1. The summed E-state index contributed by atoms with van der Waals surface area (Å²) in [5.41, 5.74) is 1.02. The Morgan fingerprint density at radius 3 is 2.65 bits per heavy atom. The Balaban J connectivity index is 1.53. The Labute approximate surface area is 252 Å². The minimum Gasteiger partial charge on any atom is -0.381 e. The number of carbonyl (C=O) groups is 1. The number of benzene rings is 2. The van der Waals surface area contributed by atoms with E-state index in [0.29, 0.717) is 55.1 Å². The van der Waals surface area contributed by atoms with Gasteiger partial charge in [-0.25, -0.2) is 31.6 Å². The maximum absolute atomic E-state index is 16.1. The molecule has 0 atom stereocenters. The molecule has 0 amide bonds. The lowest BCUT2D eigenvalue weighted by Crippen LogP contribution is -2.13. The van der Waals surface area contributed by atoms with E-state index in [1.165, 1.54) is 29.5 Å². The summed E-state index contributed by atoms with van der Waals surface area (Å²) in [6.45, 7) is 3.28. The van der Waals surface area contributed by atoms with E-state index in [-0.39, 0.29) is 22.8 Å². The van der Waals surface area contributed by atoms with E-state index in [2.05, 4.69) is 10.3 Å². The summed E-state index contributed by atoms with van der Waals surface area (Å²) in [6, 6.07) is 10.1. The molecular weight excluding hydrogens is 599 g/mol. The van der Waals surface area contributed by atoms with Crippen molar-refractivity contribution in [1.82, 2.24) is 9.97 Å². The number of anilines is 1. The van der Waals surface area contributed by atoms with Crippen molar-refractivity contribution in [2.24, 2.45) is 0 Å². The predicted octanol–water partition coefficient (Wildman–Crippen LogP) is 6.94. The molecule has 0 spiro atoms. The van der Waals surface area contributed by atoms with Crippen molar-refractivity contribution in [3.63, 3.8) is 0 Å². The molecule has 7 nitrogen and oxygen atoms in total. The number of hydrogen-bond donors (Lipinski definition) is 1. The number of pyridine rings is 1. The van der Waals surface area contributed by atoms with Gasteiger partial charge in [0.25, 0.3) is 0 Å². The van der Waals surface area contributed by atoms with Crippen LogP contribution in [-0.2, 0) is 25.1 Å². The zero-order valence-corrected chi connectivity index (χ0v) is 25.0. The first-order chi connectivity index (χ1) is 20.6. The van der Waals surface area contributed by atoms with Crippen molar-refractivity contribution < 1.29 is 31.1 Å². The normalized spacial score (nSPS) is 14.1. The molecule has 1 saturated heterocycles. The van der Waals surface area contributed by atoms with Crippen molar-refractivity contribution in [3.8, 4) is 21.7 Å². The molecule has 43 heavy (non-hydrogen) atoms. The smallest absolute Gasteiger partial charge is 0.185 e. The van der Waals surface area contributed by atoms with Crippen LogP contribution in [0.3, 0.4) is 0 Å². The van der Waals surface area contributed by atoms with Crippen LogP contribution in [0, 0.1) is 17.5 Å². The third kappa shape index (κ3) is 7.31. The Kier molecular flexibility index (Phi) is 9.58. The molecule has 0 bridgehead atoms. The summed E-state index contributed by atoms with van der Waals surface area (Å²) < 4.78 is 75.8. The Bertz CT molecular complexity index is 1740. The molecular formula is C31H30F3N3O4S2. The summed E-state index contributed by atoms with van der Waals surface area (Å²) in [5, 5.41) is 4.04. The summed E-state index contributed by atoms with van der Waals surface area (Å²) in [4.78, 5) is 20.4. The molecule has 0 aliphatic carbocycles. The third-order valence-corrected chi connectivity index (χ3v) is 10.1. The highest BCUT2D eigenvalue weighted by Gasteiger charge is 2.27. The zero-order chi connectivity index (χ0) is 30.6. The molecule has 226 valence electrons. The predicted molar refractivity (Wildman–Crippen MR) is 159 cm³/mol. The van der Waals surface area contributed by atoms with E-state index in [0.717, 1.165) is 35.5 Å². The molecule has 3 heterocycles. The number of rotatable bonds is 11. The summed E-state index contributed by atoms with van der Waals surface area (Å²) >= 11 is 1.44. The molecule has 4 aromatic rings. The van der Waals surface area contributed by atoms with Crippen molar-refractivity contribution in [2.75, 3.05) is 25.1 Å². The maximum atomic E-state index is 16.1. The minimum atomic E-state index is -4.41. The number of halogens is 3. The first-order valence-corrected chi connectivity index (χ1v) is 16.3. The quantitative estimate of drug-likeness (QED) is 0.180. The van der Waals surface area contributed by atoms with Crippen molar-refractivity contribution >= 4 is 32.8 Å².